The van der Waals surface area contributed by atoms with E-state index in [0.717, 1.165) is 10.0 Å². The lowest BCUT2D eigenvalue weighted by atomic mass is 10.1. The van der Waals surface area contributed by atoms with Gasteiger partial charge in [0.2, 0.25) is 0 Å². The fourth-order valence-corrected chi connectivity index (χ4v) is 2.93. The number of nitrogens with one attached hydrogen (secondary N) is 1. The van der Waals surface area contributed by atoms with Crippen LogP contribution in [0.2, 0.25) is 0 Å². The summed E-state index contributed by atoms with van der Waals surface area (Å²) in [5.74, 6) is 0.910. The molecule has 1 aromatic heterocycles. The zero-order valence-corrected chi connectivity index (χ0v) is 18.0. The Kier molecular flexibility index (Phi) is 7.13. The third kappa shape index (κ3) is 5.42. The second kappa shape index (κ2) is 9.98. The number of rotatable bonds is 8. The van der Waals surface area contributed by atoms with Crippen molar-refractivity contribution in [2.45, 2.75) is 13.2 Å². The van der Waals surface area contributed by atoms with Crippen LogP contribution < -0.4 is 14.8 Å². The third-order valence-electron chi connectivity index (χ3n) is 4.20. The fraction of sp³-hybridized carbons (Fsp3) is 0.182. The molecule has 0 saturated heterocycles. The molecule has 0 spiro atoms. The summed E-state index contributed by atoms with van der Waals surface area (Å²) in [5.41, 5.74) is 1.01. The number of esters is 1. The summed E-state index contributed by atoms with van der Waals surface area (Å²) in [6.45, 7) is 0.411. The van der Waals surface area contributed by atoms with Gasteiger partial charge < -0.3 is 23.9 Å². The highest BCUT2D eigenvalue weighted by molar-refractivity contribution is 9.10. The first-order chi connectivity index (χ1) is 14.5. The maximum absolute atomic E-state index is 12.4. The molecule has 0 aliphatic carbocycles. The quantitative estimate of drug-likeness (QED) is 0.489. The summed E-state index contributed by atoms with van der Waals surface area (Å²) >= 11 is 3.37. The minimum absolute atomic E-state index is 0.172. The molecule has 0 atom stereocenters. The van der Waals surface area contributed by atoms with Gasteiger partial charge in [-0.1, -0.05) is 22.0 Å². The Morgan fingerprint density at radius 1 is 1.03 bits per heavy atom. The lowest BCUT2D eigenvalue weighted by molar-refractivity contribution is 0.0597. The maximum atomic E-state index is 12.4. The number of halogens is 1. The van der Waals surface area contributed by atoms with E-state index in [2.05, 4.69) is 21.2 Å². The fourth-order valence-electron chi connectivity index (χ4n) is 2.67. The van der Waals surface area contributed by atoms with E-state index in [1.807, 2.05) is 24.3 Å². The molecule has 30 heavy (non-hydrogen) atoms. The highest BCUT2D eigenvalue weighted by Gasteiger charge is 2.15. The van der Waals surface area contributed by atoms with Crippen molar-refractivity contribution in [3.8, 4) is 11.5 Å². The van der Waals surface area contributed by atoms with Crippen molar-refractivity contribution in [1.29, 1.82) is 0 Å². The minimum Gasteiger partial charge on any atom is -0.496 e. The first-order valence-corrected chi connectivity index (χ1v) is 9.80. The molecule has 0 unspecified atom stereocenters. The van der Waals surface area contributed by atoms with Crippen LogP contribution in [0.1, 0.15) is 32.2 Å². The number of methoxy groups -OCH3 is 2. The Balaban J connectivity index is 1.58. The summed E-state index contributed by atoms with van der Waals surface area (Å²) in [4.78, 5) is 24.2. The summed E-state index contributed by atoms with van der Waals surface area (Å²) in [5, 5.41) is 2.76. The van der Waals surface area contributed by atoms with Crippen LogP contribution in [0.4, 0.5) is 0 Å². The molecule has 0 aliphatic rings. The van der Waals surface area contributed by atoms with E-state index in [1.54, 1.807) is 30.3 Å². The van der Waals surface area contributed by atoms with E-state index in [4.69, 9.17) is 18.6 Å². The van der Waals surface area contributed by atoms with Gasteiger partial charge in [0.25, 0.3) is 5.91 Å². The molecule has 2 aromatic carbocycles. The number of ether oxygens (including phenoxy) is 3. The van der Waals surface area contributed by atoms with Crippen LogP contribution in [0.25, 0.3) is 0 Å². The van der Waals surface area contributed by atoms with Gasteiger partial charge >= 0.3 is 5.97 Å². The number of benzene rings is 2. The Bertz CT molecular complexity index is 1030. The summed E-state index contributed by atoms with van der Waals surface area (Å²) in [6, 6.07) is 15.7. The van der Waals surface area contributed by atoms with E-state index >= 15 is 0 Å². The van der Waals surface area contributed by atoms with Crippen LogP contribution in [-0.2, 0) is 17.9 Å². The highest BCUT2D eigenvalue weighted by Crippen LogP contribution is 2.21. The number of furan rings is 1. The van der Waals surface area contributed by atoms with Crippen molar-refractivity contribution in [3.05, 3.63) is 81.7 Å². The van der Waals surface area contributed by atoms with Gasteiger partial charge in [-0.3, -0.25) is 4.79 Å². The zero-order chi connectivity index (χ0) is 21.5. The lowest BCUT2D eigenvalue weighted by Gasteiger charge is -2.10. The molecule has 156 valence electrons. The third-order valence-corrected chi connectivity index (χ3v) is 4.73. The van der Waals surface area contributed by atoms with Crippen molar-refractivity contribution in [1.82, 2.24) is 5.32 Å². The van der Waals surface area contributed by atoms with Crippen LogP contribution in [0.3, 0.4) is 0 Å². The van der Waals surface area contributed by atoms with Crippen LogP contribution >= 0.6 is 15.9 Å². The molecule has 0 bridgehead atoms. The molecule has 8 heteroatoms. The van der Waals surface area contributed by atoms with Gasteiger partial charge in [0, 0.05) is 11.0 Å². The van der Waals surface area contributed by atoms with Gasteiger partial charge in [-0.05, 0) is 54.1 Å². The molecular weight excluding hydrogens is 454 g/mol. The van der Waals surface area contributed by atoms with E-state index in [0.29, 0.717) is 17.3 Å². The van der Waals surface area contributed by atoms with E-state index in [1.165, 1.54) is 14.2 Å². The topological polar surface area (TPSA) is 87.0 Å². The number of amides is 1. The number of hydrogen-bond acceptors (Lipinski definition) is 6. The predicted octanol–water partition coefficient (Wildman–Crippen LogP) is 4.35. The molecule has 7 nitrogen and oxygen atoms in total. The Labute approximate surface area is 182 Å². The second-order valence-electron chi connectivity index (χ2n) is 6.22. The maximum Gasteiger partial charge on any atom is 0.341 e. The molecule has 0 fully saturated rings. The Morgan fingerprint density at radius 3 is 2.50 bits per heavy atom. The summed E-state index contributed by atoms with van der Waals surface area (Å²) < 4.78 is 22.1. The summed E-state index contributed by atoms with van der Waals surface area (Å²) in [7, 11) is 2.77. The van der Waals surface area contributed by atoms with Crippen LogP contribution in [0.15, 0.2) is 63.5 Å². The molecule has 1 heterocycles. The molecular formula is C22H20BrNO6. The first-order valence-electron chi connectivity index (χ1n) is 9.00. The molecule has 1 N–H and O–H groups in total. The standard InChI is InChI=1S/C22H20BrNO6/c1-27-19-9-3-14(11-18(19)22(26)28-2)12-24-21(25)20-10-8-17(30-20)13-29-16-6-4-15(23)5-7-16/h3-11H,12-13H2,1-2H3,(H,24,25). The van der Waals surface area contributed by atoms with E-state index in [9.17, 15) is 9.59 Å². The van der Waals surface area contributed by atoms with Crippen LogP contribution in [0, 0.1) is 0 Å². The Hall–Kier alpha value is -3.26. The number of hydrogen-bond donors (Lipinski definition) is 1. The molecule has 3 aromatic rings. The monoisotopic (exact) mass is 473 g/mol. The first kappa shape index (κ1) is 21.4. The van der Waals surface area contributed by atoms with Crippen LogP contribution in [-0.4, -0.2) is 26.1 Å². The smallest absolute Gasteiger partial charge is 0.341 e. The normalized spacial score (nSPS) is 10.4. The van der Waals surface area contributed by atoms with Crippen molar-refractivity contribution in [2.24, 2.45) is 0 Å². The van der Waals surface area contributed by atoms with Gasteiger partial charge in [0.1, 0.15) is 29.4 Å². The van der Waals surface area contributed by atoms with Crippen molar-refractivity contribution in [2.75, 3.05) is 14.2 Å². The van der Waals surface area contributed by atoms with E-state index in [-0.39, 0.29) is 30.4 Å². The predicted molar refractivity (Wildman–Crippen MR) is 113 cm³/mol. The average molecular weight is 474 g/mol. The van der Waals surface area contributed by atoms with Crippen molar-refractivity contribution < 1.29 is 28.2 Å². The van der Waals surface area contributed by atoms with Crippen molar-refractivity contribution >= 4 is 27.8 Å². The van der Waals surface area contributed by atoms with Crippen molar-refractivity contribution in [3.63, 3.8) is 0 Å². The Morgan fingerprint density at radius 2 is 1.80 bits per heavy atom. The molecule has 0 aliphatic heterocycles. The van der Waals surface area contributed by atoms with E-state index < -0.39 is 5.97 Å². The molecule has 0 radical (unpaired) electrons. The molecule has 1 amide bonds. The minimum atomic E-state index is -0.513. The van der Waals surface area contributed by atoms with Crippen LogP contribution in [0.5, 0.6) is 11.5 Å². The number of carbonyl (C=O) groups is 2. The average Bonchev–Trinajstić information content (AvgIpc) is 3.25. The lowest BCUT2D eigenvalue weighted by Crippen LogP contribution is -2.22. The number of carbonyl (C=O) groups excluding carboxylic acids is 2. The highest BCUT2D eigenvalue weighted by atomic mass is 79.9. The zero-order valence-electron chi connectivity index (χ0n) is 16.4. The molecule has 3 rings (SSSR count). The SMILES string of the molecule is COC(=O)c1cc(CNC(=O)c2ccc(COc3ccc(Br)cc3)o2)ccc1OC. The van der Waals surface area contributed by atoms with Gasteiger partial charge in [0.15, 0.2) is 5.76 Å². The van der Waals surface area contributed by atoms with Gasteiger partial charge in [-0.2, -0.15) is 0 Å². The van der Waals surface area contributed by atoms with Gasteiger partial charge in [-0.25, -0.2) is 4.79 Å². The van der Waals surface area contributed by atoms with Gasteiger partial charge in [-0.15, -0.1) is 0 Å². The summed E-state index contributed by atoms with van der Waals surface area (Å²) in [6.07, 6.45) is 0. The largest absolute Gasteiger partial charge is 0.496 e. The molecule has 0 saturated carbocycles. The second-order valence-corrected chi connectivity index (χ2v) is 7.13. The van der Waals surface area contributed by atoms with Gasteiger partial charge in [0.05, 0.1) is 14.2 Å².